The number of hydrogen-bond acceptors (Lipinski definition) is 5. The molecule has 0 spiro atoms. The Morgan fingerprint density at radius 1 is 1.10 bits per heavy atom. The molecule has 3 heterocycles. The number of aromatic amines is 1. The molecule has 162 valence electrons. The highest BCUT2D eigenvalue weighted by Crippen LogP contribution is 2.27. The van der Waals surface area contributed by atoms with Gasteiger partial charge in [-0.1, -0.05) is 51.5 Å². The molecular formula is C24H35N5O. The summed E-state index contributed by atoms with van der Waals surface area (Å²) in [4.78, 5) is 12.1. The summed E-state index contributed by atoms with van der Waals surface area (Å²) in [5.41, 5.74) is 11.6. The summed E-state index contributed by atoms with van der Waals surface area (Å²) in [6, 6.07) is 9.39. The van der Waals surface area contributed by atoms with Crippen molar-refractivity contribution in [2.45, 2.75) is 58.8 Å². The predicted octanol–water partition coefficient (Wildman–Crippen LogP) is 4.80. The molecule has 6 heteroatoms. The molecule has 0 saturated carbocycles. The van der Waals surface area contributed by atoms with Crippen LogP contribution in [0.2, 0.25) is 0 Å². The van der Waals surface area contributed by atoms with Gasteiger partial charge in [0.2, 0.25) is 0 Å². The summed E-state index contributed by atoms with van der Waals surface area (Å²) >= 11 is 0. The summed E-state index contributed by atoms with van der Waals surface area (Å²) in [7, 11) is 0. The van der Waals surface area contributed by atoms with Gasteiger partial charge in [-0.25, -0.2) is 0 Å². The summed E-state index contributed by atoms with van der Waals surface area (Å²) < 4.78 is 5.67. The molecule has 3 aromatic rings. The summed E-state index contributed by atoms with van der Waals surface area (Å²) in [5, 5.41) is 3.43. The normalized spacial score (nSPS) is 14.4. The Bertz CT molecular complexity index is 913. The minimum Gasteiger partial charge on any atom is -0.463 e. The highest BCUT2D eigenvalue weighted by atomic mass is 16.5. The second-order valence-corrected chi connectivity index (χ2v) is 7.57. The van der Waals surface area contributed by atoms with Crippen LogP contribution >= 0.6 is 0 Å². The van der Waals surface area contributed by atoms with Gasteiger partial charge in [0.05, 0.1) is 6.61 Å². The zero-order valence-electron chi connectivity index (χ0n) is 18.5. The number of piperidine rings is 1. The number of hydrogen-bond donors (Lipinski definition) is 3. The van der Waals surface area contributed by atoms with Gasteiger partial charge in [-0.15, -0.1) is 0 Å². The molecule has 0 amide bonds. The Hall–Kier alpha value is -2.60. The minimum atomic E-state index is 0.362. The van der Waals surface area contributed by atoms with Crippen molar-refractivity contribution in [1.29, 1.82) is 0 Å². The third kappa shape index (κ3) is 5.30. The minimum absolute atomic E-state index is 0.362. The van der Waals surface area contributed by atoms with E-state index in [4.69, 9.17) is 10.5 Å². The first-order chi connectivity index (χ1) is 14.7. The van der Waals surface area contributed by atoms with Crippen molar-refractivity contribution in [3.8, 4) is 6.01 Å². The molecule has 0 atom stereocenters. The number of benzene rings is 1. The van der Waals surface area contributed by atoms with Crippen molar-refractivity contribution >= 4 is 16.9 Å². The van der Waals surface area contributed by atoms with Crippen LogP contribution in [0.5, 0.6) is 6.01 Å². The van der Waals surface area contributed by atoms with Crippen LogP contribution < -0.4 is 15.8 Å². The molecule has 1 fully saturated rings. The van der Waals surface area contributed by atoms with Gasteiger partial charge in [-0.05, 0) is 49.4 Å². The molecule has 1 aliphatic rings. The Morgan fingerprint density at radius 2 is 1.83 bits per heavy atom. The largest absolute Gasteiger partial charge is 0.463 e. The summed E-state index contributed by atoms with van der Waals surface area (Å²) in [6.45, 7) is 8.97. The average molecular weight is 410 g/mol. The van der Waals surface area contributed by atoms with E-state index < -0.39 is 0 Å². The van der Waals surface area contributed by atoms with Crippen molar-refractivity contribution in [1.82, 2.24) is 20.3 Å². The van der Waals surface area contributed by atoms with Crippen molar-refractivity contribution < 1.29 is 4.74 Å². The fraction of sp³-hybridized carbons (Fsp3) is 0.500. The van der Waals surface area contributed by atoms with Gasteiger partial charge in [0.15, 0.2) is 5.82 Å². The van der Waals surface area contributed by atoms with Gasteiger partial charge in [-0.2, -0.15) is 9.97 Å². The van der Waals surface area contributed by atoms with E-state index in [1.165, 1.54) is 24.0 Å². The number of nitrogens with two attached hydrogens (primary N) is 1. The quantitative estimate of drug-likeness (QED) is 0.488. The molecule has 1 saturated heterocycles. The fourth-order valence-corrected chi connectivity index (χ4v) is 3.85. The number of aromatic nitrogens is 3. The van der Waals surface area contributed by atoms with E-state index in [0.717, 1.165) is 48.9 Å². The van der Waals surface area contributed by atoms with Crippen molar-refractivity contribution in [2.75, 3.05) is 25.4 Å². The molecule has 4 N–H and O–H groups in total. The van der Waals surface area contributed by atoms with E-state index in [2.05, 4.69) is 51.5 Å². The Balaban J connectivity index is 0.00000124. The molecule has 2 aromatic heterocycles. The third-order valence-corrected chi connectivity index (χ3v) is 5.53. The SMILES string of the molecule is CC.CCCCOc1nc(N)c2[nH]cc(Cc3ccc(C4CCNCC4)cc3)c2n1. The van der Waals surface area contributed by atoms with Gasteiger partial charge in [-0.3, -0.25) is 0 Å². The van der Waals surface area contributed by atoms with Gasteiger partial charge in [0.25, 0.3) is 0 Å². The molecule has 6 nitrogen and oxygen atoms in total. The number of ether oxygens (including phenoxy) is 1. The highest BCUT2D eigenvalue weighted by Gasteiger charge is 2.16. The molecule has 0 unspecified atom stereocenters. The number of fused-ring (bicyclic) bond motifs is 1. The van der Waals surface area contributed by atoms with Crippen LogP contribution in [-0.2, 0) is 6.42 Å². The second-order valence-electron chi connectivity index (χ2n) is 7.57. The third-order valence-electron chi connectivity index (χ3n) is 5.53. The number of H-pyrrole nitrogens is 1. The first-order valence-electron chi connectivity index (χ1n) is 11.3. The first kappa shape index (κ1) is 22.1. The molecular weight excluding hydrogens is 374 g/mol. The number of rotatable bonds is 7. The van der Waals surface area contributed by atoms with Gasteiger partial charge >= 0.3 is 6.01 Å². The van der Waals surface area contributed by atoms with Gasteiger partial charge in [0, 0.05) is 18.2 Å². The maximum atomic E-state index is 6.10. The molecule has 0 aliphatic carbocycles. The highest BCUT2D eigenvalue weighted by molar-refractivity contribution is 5.87. The Kier molecular flexibility index (Phi) is 8.08. The predicted molar refractivity (Wildman–Crippen MR) is 124 cm³/mol. The van der Waals surface area contributed by atoms with Crippen LogP contribution in [0.25, 0.3) is 11.0 Å². The Morgan fingerprint density at radius 3 is 2.53 bits per heavy atom. The van der Waals surface area contributed by atoms with E-state index in [1.807, 2.05) is 20.0 Å². The molecule has 4 rings (SSSR count). The van der Waals surface area contributed by atoms with Gasteiger partial charge in [0.1, 0.15) is 11.0 Å². The van der Waals surface area contributed by atoms with Crippen molar-refractivity contribution in [2.24, 2.45) is 0 Å². The fourth-order valence-electron chi connectivity index (χ4n) is 3.85. The van der Waals surface area contributed by atoms with E-state index in [0.29, 0.717) is 24.4 Å². The molecule has 0 bridgehead atoms. The number of unbranched alkanes of at least 4 members (excludes halogenated alkanes) is 1. The average Bonchev–Trinajstić information content (AvgIpc) is 3.20. The van der Waals surface area contributed by atoms with Crippen molar-refractivity contribution in [3.05, 3.63) is 47.2 Å². The van der Waals surface area contributed by atoms with E-state index in [-0.39, 0.29) is 0 Å². The topological polar surface area (TPSA) is 88.8 Å². The molecule has 1 aromatic carbocycles. The zero-order chi connectivity index (χ0) is 21.3. The van der Waals surface area contributed by atoms with E-state index in [9.17, 15) is 0 Å². The number of nitrogens with one attached hydrogen (secondary N) is 2. The lowest BCUT2D eigenvalue weighted by Gasteiger charge is -2.23. The lowest BCUT2D eigenvalue weighted by Crippen LogP contribution is -2.26. The lowest BCUT2D eigenvalue weighted by atomic mass is 9.89. The summed E-state index contributed by atoms with van der Waals surface area (Å²) in [5.74, 6) is 1.11. The number of nitrogen functional groups attached to an aromatic ring is 1. The van der Waals surface area contributed by atoms with E-state index in [1.54, 1.807) is 0 Å². The van der Waals surface area contributed by atoms with Crippen LogP contribution in [0.15, 0.2) is 30.5 Å². The molecule has 0 radical (unpaired) electrons. The zero-order valence-corrected chi connectivity index (χ0v) is 18.5. The van der Waals surface area contributed by atoms with Crippen LogP contribution in [0.1, 0.15) is 69.1 Å². The van der Waals surface area contributed by atoms with E-state index >= 15 is 0 Å². The molecule has 1 aliphatic heterocycles. The molecule has 30 heavy (non-hydrogen) atoms. The monoisotopic (exact) mass is 409 g/mol. The van der Waals surface area contributed by atoms with Crippen LogP contribution in [-0.4, -0.2) is 34.6 Å². The van der Waals surface area contributed by atoms with Gasteiger partial charge < -0.3 is 20.8 Å². The maximum Gasteiger partial charge on any atom is 0.319 e. The Labute approximate surface area is 179 Å². The summed E-state index contributed by atoms with van der Waals surface area (Å²) in [6.07, 6.45) is 7.27. The smallest absolute Gasteiger partial charge is 0.319 e. The van der Waals surface area contributed by atoms with Crippen LogP contribution in [0.3, 0.4) is 0 Å². The standard InChI is InChI=1S/C22H29N5O.C2H6/c1-2-3-12-28-22-26-19-18(14-25-20(19)21(23)27-22)13-15-4-6-16(7-5-15)17-8-10-24-11-9-17;1-2/h4-7,14,17,24-25H,2-3,8-13H2,1H3,(H2,23,26,27);1-2H3. The maximum absolute atomic E-state index is 6.10. The van der Waals surface area contributed by atoms with Crippen LogP contribution in [0, 0.1) is 0 Å². The second kappa shape index (κ2) is 11.0. The first-order valence-corrected chi connectivity index (χ1v) is 11.3. The van der Waals surface area contributed by atoms with Crippen molar-refractivity contribution in [3.63, 3.8) is 0 Å². The van der Waals surface area contributed by atoms with Crippen LogP contribution in [0.4, 0.5) is 5.82 Å². The number of nitrogens with zero attached hydrogens (tertiary/aromatic N) is 2. The number of anilines is 1. The lowest BCUT2D eigenvalue weighted by molar-refractivity contribution is 0.287.